The van der Waals surface area contributed by atoms with Crippen LogP contribution in [0.5, 0.6) is 0 Å². The lowest BCUT2D eigenvalue weighted by atomic mass is 10.1. The second kappa shape index (κ2) is 8.44. The van der Waals surface area contributed by atoms with E-state index in [2.05, 4.69) is 20.6 Å². The second-order valence-corrected chi connectivity index (χ2v) is 8.73. The average Bonchev–Trinajstić information content (AvgIpc) is 3.02. The molecule has 9 nitrogen and oxygen atoms in total. The average molecular weight is 444 g/mol. The van der Waals surface area contributed by atoms with Crippen molar-refractivity contribution in [2.24, 2.45) is 0 Å². The number of alkyl halides is 2. The molecular formula is C17H19F3N6O3S. The smallest absolute Gasteiger partial charge is 0.316 e. The number of hydrogen-bond acceptors (Lipinski definition) is 7. The van der Waals surface area contributed by atoms with Crippen molar-refractivity contribution in [3.05, 3.63) is 35.8 Å². The summed E-state index contributed by atoms with van der Waals surface area (Å²) in [6, 6.07) is 4.99. The molecule has 2 N–H and O–H groups in total. The number of likely N-dealkylation sites (N-methyl/N-ethyl adjacent to an activating group) is 1. The monoisotopic (exact) mass is 444 g/mol. The third kappa shape index (κ3) is 4.97. The van der Waals surface area contributed by atoms with Gasteiger partial charge in [-0.2, -0.15) is 13.8 Å². The standard InChI is InChI=1S/C17H19F3N6O3S/c1-25(30(2,28)29)5-6-26(16(19)20)15-12(18)9-21-17(24-15)22-11-4-3-10-7-14(27)23-13(10)8-11/h3-4,8-9,16H,5-7H2,1-2H3,(H,23,27)(H,21,22,24). The topological polar surface area (TPSA) is 108 Å². The number of fused-ring (bicyclic) bond motifs is 1. The van der Waals surface area contributed by atoms with Gasteiger partial charge in [0.05, 0.1) is 18.9 Å². The van der Waals surface area contributed by atoms with Crippen LogP contribution in [0.4, 0.5) is 36.3 Å². The predicted molar refractivity (Wildman–Crippen MR) is 105 cm³/mol. The van der Waals surface area contributed by atoms with Crippen LogP contribution in [0.25, 0.3) is 0 Å². The van der Waals surface area contributed by atoms with E-state index in [-0.39, 0.29) is 24.8 Å². The molecule has 0 atom stereocenters. The normalized spacial score (nSPS) is 13.5. The summed E-state index contributed by atoms with van der Waals surface area (Å²) in [5, 5.41) is 5.46. The first-order chi connectivity index (χ1) is 14.0. The third-order valence-electron chi connectivity index (χ3n) is 4.45. The molecule has 1 amide bonds. The molecule has 1 aromatic carbocycles. The van der Waals surface area contributed by atoms with E-state index in [0.717, 1.165) is 22.3 Å². The van der Waals surface area contributed by atoms with E-state index in [9.17, 15) is 26.4 Å². The van der Waals surface area contributed by atoms with Gasteiger partial charge >= 0.3 is 6.55 Å². The molecule has 0 unspecified atom stereocenters. The third-order valence-corrected chi connectivity index (χ3v) is 5.76. The highest BCUT2D eigenvalue weighted by molar-refractivity contribution is 7.88. The number of carbonyl (C=O) groups is 1. The van der Waals surface area contributed by atoms with Crippen molar-refractivity contribution in [3.8, 4) is 0 Å². The SMILES string of the molecule is CN(CCN(c1nc(Nc2ccc3c(c2)NC(=O)C3)ncc1F)C(F)F)S(C)(=O)=O. The van der Waals surface area contributed by atoms with Gasteiger partial charge in [0, 0.05) is 31.5 Å². The summed E-state index contributed by atoms with van der Waals surface area (Å²) in [4.78, 5) is 19.4. The van der Waals surface area contributed by atoms with Crippen LogP contribution in [0.2, 0.25) is 0 Å². The van der Waals surface area contributed by atoms with Crippen LogP contribution in [-0.4, -0.2) is 61.5 Å². The minimum absolute atomic E-state index is 0.141. The van der Waals surface area contributed by atoms with Crippen LogP contribution in [0.3, 0.4) is 0 Å². The molecule has 0 saturated carbocycles. The zero-order valence-electron chi connectivity index (χ0n) is 16.1. The molecule has 3 rings (SSSR count). The largest absolute Gasteiger partial charge is 0.325 e. The summed E-state index contributed by atoms with van der Waals surface area (Å²) in [6.07, 6.45) is 1.94. The maximum absolute atomic E-state index is 14.2. The van der Waals surface area contributed by atoms with E-state index in [0.29, 0.717) is 16.3 Å². The molecule has 2 heterocycles. The number of hydrogen-bond donors (Lipinski definition) is 2. The Morgan fingerprint density at radius 1 is 1.30 bits per heavy atom. The van der Waals surface area contributed by atoms with Crippen molar-refractivity contribution < 1.29 is 26.4 Å². The van der Waals surface area contributed by atoms with Gasteiger partial charge < -0.3 is 10.6 Å². The van der Waals surface area contributed by atoms with Gasteiger partial charge in [-0.15, -0.1) is 0 Å². The lowest BCUT2D eigenvalue weighted by Gasteiger charge is -2.25. The molecule has 1 aliphatic heterocycles. The molecule has 0 fully saturated rings. The molecule has 30 heavy (non-hydrogen) atoms. The maximum Gasteiger partial charge on any atom is 0.316 e. The Kier molecular flexibility index (Phi) is 6.12. The molecule has 0 spiro atoms. The van der Waals surface area contributed by atoms with E-state index in [1.54, 1.807) is 18.2 Å². The summed E-state index contributed by atoms with van der Waals surface area (Å²) >= 11 is 0. The molecule has 0 saturated heterocycles. The van der Waals surface area contributed by atoms with E-state index >= 15 is 0 Å². The first kappa shape index (κ1) is 21.8. The number of aromatic nitrogens is 2. The van der Waals surface area contributed by atoms with Gasteiger partial charge in [0.1, 0.15) is 0 Å². The molecule has 1 aliphatic rings. The lowest BCUT2D eigenvalue weighted by Crippen LogP contribution is -2.39. The molecule has 2 aromatic rings. The van der Waals surface area contributed by atoms with Crippen molar-refractivity contribution in [1.82, 2.24) is 14.3 Å². The fourth-order valence-electron chi connectivity index (χ4n) is 2.75. The van der Waals surface area contributed by atoms with Gasteiger partial charge in [-0.3, -0.25) is 9.69 Å². The highest BCUT2D eigenvalue weighted by atomic mass is 32.2. The summed E-state index contributed by atoms with van der Waals surface area (Å²) in [7, 11) is -2.35. The lowest BCUT2D eigenvalue weighted by molar-refractivity contribution is -0.115. The summed E-state index contributed by atoms with van der Waals surface area (Å²) in [5.41, 5.74) is 1.88. The van der Waals surface area contributed by atoms with Crippen LogP contribution >= 0.6 is 0 Å². The number of benzene rings is 1. The number of amides is 1. The first-order valence-electron chi connectivity index (χ1n) is 8.73. The molecule has 0 aliphatic carbocycles. The Morgan fingerprint density at radius 3 is 2.70 bits per heavy atom. The van der Waals surface area contributed by atoms with E-state index in [4.69, 9.17) is 0 Å². The quantitative estimate of drug-likeness (QED) is 0.598. The zero-order chi connectivity index (χ0) is 22.1. The number of halogens is 3. The van der Waals surface area contributed by atoms with Crippen LogP contribution in [0.15, 0.2) is 24.4 Å². The van der Waals surface area contributed by atoms with Gasteiger partial charge in [0.25, 0.3) is 0 Å². The highest BCUT2D eigenvalue weighted by Crippen LogP contribution is 2.28. The Hall–Kier alpha value is -2.93. The fourth-order valence-corrected chi connectivity index (χ4v) is 3.16. The van der Waals surface area contributed by atoms with Gasteiger partial charge in [0.2, 0.25) is 21.9 Å². The number of rotatable bonds is 8. The van der Waals surface area contributed by atoms with Crippen molar-refractivity contribution in [3.63, 3.8) is 0 Å². The van der Waals surface area contributed by atoms with Gasteiger partial charge in [-0.1, -0.05) is 6.07 Å². The Morgan fingerprint density at radius 2 is 2.03 bits per heavy atom. The maximum atomic E-state index is 14.2. The highest BCUT2D eigenvalue weighted by Gasteiger charge is 2.25. The Bertz CT molecular complexity index is 1070. The number of nitrogens with zero attached hydrogens (tertiary/aromatic N) is 4. The van der Waals surface area contributed by atoms with Crippen molar-refractivity contribution in [2.45, 2.75) is 13.0 Å². The van der Waals surface area contributed by atoms with E-state index in [1.165, 1.54) is 7.05 Å². The predicted octanol–water partition coefficient (Wildman–Crippen LogP) is 1.77. The van der Waals surface area contributed by atoms with Crippen LogP contribution in [0, 0.1) is 5.82 Å². The van der Waals surface area contributed by atoms with Gasteiger partial charge in [-0.05, 0) is 17.7 Å². The molecule has 162 valence electrons. The van der Waals surface area contributed by atoms with Crippen molar-refractivity contribution in [1.29, 1.82) is 0 Å². The zero-order valence-corrected chi connectivity index (χ0v) is 16.9. The first-order valence-corrected chi connectivity index (χ1v) is 10.6. The summed E-state index contributed by atoms with van der Waals surface area (Å²) in [5.74, 6) is -2.03. The number of sulfonamides is 1. The second-order valence-electron chi connectivity index (χ2n) is 6.64. The van der Waals surface area contributed by atoms with Crippen molar-refractivity contribution in [2.75, 3.05) is 41.9 Å². The van der Waals surface area contributed by atoms with E-state index < -0.39 is 34.8 Å². The molecular weight excluding hydrogens is 425 g/mol. The van der Waals surface area contributed by atoms with Crippen LogP contribution in [-0.2, 0) is 21.2 Å². The Labute approximate surface area is 171 Å². The van der Waals surface area contributed by atoms with Crippen LogP contribution in [0.1, 0.15) is 5.56 Å². The van der Waals surface area contributed by atoms with Gasteiger partial charge in [-0.25, -0.2) is 22.1 Å². The summed E-state index contributed by atoms with van der Waals surface area (Å²) < 4.78 is 65.0. The molecule has 0 bridgehead atoms. The van der Waals surface area contributed by atoms with E-state index in [1.807, 2.05) is 0 Å². The van der Waals surface area contributed by atoms with Gasteiger partial charge in [0.15, 0.2) is 11.6 Å². The molecule has 0 radical (unpaired) electrons. The van der Waals surface area contributed by atoms with Crippen molar-refractivity contribution >= 4 is 39.1 Å². The van der Waals surface area contributed by atoms with Crippen LogP contribution < -0.4 is 15.5 Å². The molecule has 13 heteroatoms. The number of carbonyl (C=O) groups excluding carboxylic acids is 1. The number of anilines is 4. The summed E-state index contributed by atoms with van der Waals surface area (Å²) in [6.45, 7) is -3.90. The molecule has 1 aromatic heterocycles. The minimum atomic E-state index is -3.58. The number of nitrogens with one attached hydrogen (secondary N) is 2. The minimum Gasteiger partial charge on any atom is -0.325 e. The fraction of sp³-hybridized carbons (Fsp3) is 0.353. The Balaban J connectivity index is 1.81.